The molecule has 0 fully saturated rings. The van der Waals surface area contributed by atoms with Crippen LogP contribution in [0.15, 0.2) is 46.0 Å². The van der Waals surface area contributed by atoms with Crippen molar-refractivity contribution in [3.8, 4) is 0 Å². The number of benzene rings is 1. The number of carbonyl (C=O) groups is 1. The topological polar surface area (TPSA) is 90.0 Å². The third-order valence-corrected chi connectivity index (χ3v) is 3.42. The maximum atomic E-state index is 12.3. The monoisotopic (exact) mass is 312 g/mol. The highest BCUT2D eigenvalue weighted by molar-refractivity contribution is 5.78. The molecule has 3 aromatic rings. The van der Waals surface area contributed by atoms with Crippen LogP contribution < -0.4 is 10.9 Å². The van der Waals surface area contributed by atoms with E-state index in [1.54, 1.807) is 18.2 Å². The first kappa shape index (κ1) is 15.0. The molecule has 0 aliphatic carbocycles. The Labute approximate surface area is 131 Å². The highest BCUT2D eigenvalue weighted by atomic mass is 16.5. The Bertz CT molecular complexity index is 897. The summed E-state index contributed by atoms with van der Waals surface area (Å²) in [4.78, 5) is 28.4. The summed E-state index contributed by atoms with van der Waals surface area (Å²) < 4.78 is 6.37. The number of aromatic nitrogens is 3. The smallest absolute Gasteiger partial charge is 0.261 e. The average molecular weight is 312 g/mol. The molecule has 2 aromatic heterocycles. The number of carbonyl (C=O) groups excluding carboxylic acids is 1. The van der Waals surface area contributed by atoms with Crippen LogP contribution in [0.2, 0.25) is 0 Å². The third kappa shape index (κ3) is 3.45. The van der Waals surface area contributed by atoms with Gasteiger partial charge >= 0.3 is 0 Å². The lowest BCUT2D eigenvalue weighted by molar-refractivity contribution is -0.121. The lowest BCUT2D eigenvalue weighted by atomic mass is 10.2. The summed E-state index contributed by atoms with van der Waals surface area (Å²) in [5.74, 6) is 0.466. The quantitative estimate of drug-likeness (QED) is 0.760. The number of rotatable bonds is 5. The van der Waals surface area contributed by atoms with Crippen LogP contribution in [-0.4, -0.2) is 27.2 Å². The SMILES string of the molecule is Cc1cc(CCNC(=O)Cn2cnc3ccccc3c2=O)on1. The predicted octanol–water partition coefficient (Wildman–Crippen LogP) is 1.05. The third-order valence-electron chi connectivity index (χ3n) is 3.42. The van der Waals surface area contributed by atoms with E-state index in [9.17, 15) is 9.59 Å². The molecule has 0 saturated heterocycles. The molecule has 0 saturated carbocycles. The molecule has 0 aliphatic rings. The Kier molecular flexibility index (Phi) is 4.18. The minimum Gasteiger partial charge on any atom is -0.361 e. The summed E-state index contributed by atoms with van der Waals surface area (Å²) >= 11 is 0. The van der Waals surface area contributed by atoms with Crippen LogP contribution in [0.3, 0.4) is 0 Å². The molecule has 2 heterocycles. The van der Waals surface area contributed by atoms with Gasteiger partial charge in [0.2, 0.25) is 5.91 Å². The maximum absolute atomic E-state index is 12.3. The van der Waals surface area contributed by atoms with Crippen LogP contribution in [0, 0.1) is 6.92 Å². The van der Waals surface area contributed by atoms with Crippen molar-refractivity contribution in [2.24, 2.45) is 0 Å². The van der Waals surface area contributed by atoms with Crippen molar-refractivity contribution in [2.75, 3.05) is 6.54 Å². The molecule has 0 aliphatic heterocycles. The van der Waals surface area contributed by atoms with Crippen molar-refractivity contribution < 1.29 is 9.32 Å². The molecular formula is C16H16N4O3. The summed E-state index contributed by atoms with van der Waals surface area (Å²) in [5, 5.41) is 7.03. The second kappa shape index (κ2) is 6.43. The van der Waals surface area contributed by atoms with E-state index in [-0.39, 0.29) is 18.0 Å². The highest BCUT2D eigenvalue weighted by Gasteiger charge is 2.08. The summed E-state index contributed by atoms with van der Waals surface area (Å²) in [6.45, 7) is 2.19. The van der Waals surface area contributed by atoms with Crippen molar-refractivity contribution >= 4 is 16.8 Å². The maximum Gasteiger partial charge on any atom is 0.261 e. The molecule has 118 valence electrons. The van der Waals surface area contributed by atoms with Gasteiger partial charge in [-0.05, 0) is 19.1 Å². The van der Waals surface area contributed by atoms with E-state index in [1.165, 1.54) is 10.9 Å². The molecule has 0 bridgehead atoms. The number of fused-ring (bicyclic) bond motifs is 1. The zero-order valence-corrected chi connectivity index (χ0v) is 12.7. The number of nitrogens with one attached hydrogen (secondary N) is 1. The number of nitrogens with zero attached hydrogens (tertiary/aromatic N) is 3. The van der Waals surface area contributed by atoms with Crippen LogP contribution >= 0.6 is 0 Å². The van der Waals surface area contributed by atoms with Gasteiger partial charge in [0.15, 0.2) is 0 Å². The van der Waals surface area contributed by atoms with Crippen molar-refractivity contribution in [1.82, 2.24) is 20.0 Å². The Morgan fingerprint density at radius 3 is 2.96 bits per heavy atom. The Hall–Kier alpha value is -2.96. The number of para-hydroxylation sites is 1. The van der Waals surface area contributed by atoms with E-state index in [0.29, 0.717) is 29.6 Å². The van der Waals surface area contributed by atoms with Gasteiger partial charge < -0.3 is 9.84 Å². The second-order valence-electron chi connectivity index (χ2n) is 5.23. The van der Waals surface area contributed by atoms with Crippen molar-refractivity contribution in [2.45, 2.75) is 19.9 Å². The molecule has 0 spiro atoms. The van der Waals surface area contributed by atoms with Crippen molar-refractivity contribution in [3.63, 3.8) is 0 Å². The molecule has 3 rings (SSSR count). The van der Waals surface area contributed by atoms with E-state index in [0.717, 1.165) is 5.69 Å². The Balaban J connectivity index is 1.61. The van der Waals surface area contributed by atoms with Crippen LogP contribution in [0.1, 0.15) is 11.5 Å². The minimum absolute atomic E-state index is 0.0634. The van der Waals surface area contributed by atoms with Gasteiger partial charge in [0.1, 0.15) is 12.3 Å². The van der Waals surface area contributed by atoms with Gasteiger partial charge in [-0.1, -0.05) is 17.3 Å². The highest BCUT2D eigenvalue weighted by Crippen LogP contribution is 2.04. The van der Waals surface area contributed by atoms with Gasteiger partial charge in [-0.15, -0.1) is 0 Å². The van der Waals surface area contributed by atoms with E-state index in [2.05, 4.69) is 15.5 Å². The largest absolute Gasteiger partial charge is 0.361 e. The summed E-state index contributed by atoms with van der Waals surface area (Å²) in [6.07, 6.45) is 1.95. The number of aryl methyl sites for hydroxylation is 1. The first-order valence-electron chi connectivity index (χ1n) is 7.26. The van der Waals surface area contributed by atoms with Gasteiger partial charge in [-0.25, -0.2) is 4.98 Å². The Morgan fingerprint density at radius 2 is 2.17 bits per heavy atom. The molecule has 0 radical (unpaired) electrons. The van der Waals surface area contributed by atoms with Crippen LogP contribution in [0.5, 0.6) is 0 Å². The molecule has 7 nitrogen and oxygen atoms in total. The van der Waals surface area contributed by atoms with Crippen molar-refractivity contribution in [3.05, 3.63) is 58.5 Å². The fourth-order valence-electron chi connectivity index (χ4n) is 2.29. The Morgan fingerprint density at radius 1 is 1.35 bits per heavy atom. The lowest BCUT2D eigenvalue weighted by Gasteiger charge is -2.07. The summed E-state index contributed by atoms with van der Waals surface area (Å²) in [5.41, 5.74) is 1.20. The van der Waals surface area contributed by atoms with Gasteiger partial charge in [0.05, 0.1) is 22.9 Å². The molecular weight excluding hydrogens is 296 g/mol. The molecule has 0 atom stereocenters. The van der Waals surface area contributed by atoms with Gasteiger partial charge in [-0.2, -0.15) is 0 Å². The van der Waals surface area contributed by atoms with E-state index >= 15 is 0 Å². The molecule has 23 heavy (non-hydrogen) atoms. The molecule has 0 unspecified atom stereocenters. The first-order valence-corrected chi connectivity index (χ1v) is 7.26. The fraction of sp³-hybridized carbons (Fsp3) is 0.250. The summed E-state index contributed by atoms with van der Waals surface area (Å²) in [7, 11) is 0. The van der Waals surface area contributed by atoms with E-state index < -0.39 is 0 Å². The number of hydrogen-bond donors (Lipinski definition) is 1. The van der Waals surface area contributed by atoms with Gasteiger partial charge in [0, 0.05) is 19.0 Å². The van der Waals surface area contributed by atoms with Crippen LogP contribution in [-0.2, 0) is 17.8 Å². The molecule has 1 aromatic carbocycles. The summed E-state index contributed by atoms with van der Waals surface area (Å²) in [6, 6.07) is 8.88. The van der Waals surface area contributed by atoms with E-state index in [4.69, 9.17) is 4.52 Å². The predicted molar refractivity (Wildman–Crippen MR) is 84.0 cm³/mol. The molecule has 1 amide bonds. The van der Waals surface area contributed by atoms with Crippen molar-refractivity contribution in [1.29, 1.82) is 0 Å². The van der Waals surface area contributed by atoms with Gasteiger partial charge in [-0.3, -0.25) is 14.2 Å². The minimum atomic E-state index is -0.250. The van der Waals surface area contributed by atoms with E-state index in [1.807, 2.05) is 19.1 Å². The normalized spacial score (nSPS) is 10.8. The first-order chi connectivity index (χ1) is 11.1. The van der Waals surface area contributed by atoms with Crippen LogP contribution in [0.4, 0.5) is 0 Å². The number of hydrogen-bond acceptors (Lipinski definition) is 5. The lowest BCUT2D eigenvalue weighted by Crippen LogP contribution is -2.33. The fourth-order valence-corrected chi connectivity index (χ4v) is 2.29. The molecule has 1 N–H and O–H groups in total. The van der Waals surface area contributed by atoms with Crippen LogP contribution in [0.25, 0.3) is 10.9 Å². The zero-order chi connectivity index (χ0) is 16.2. The van der Waals surface area contributed by atoms with Gasteiger partial charge in [0.25, 0.3) is 5.56 Å². The second-order valence-corrected chi connectivity index (χ2v) is 5.23. The number of amides is 1. The standard InChI is InChI=1S/C16H16N4O3/c1-11-8-12(23-19-11)6-7-17-15(21)9-20-10-18-14-5-3-2-4-13(14)16(20)22/h2-5,8,10H,6-7,9H2,1H3,(H,17,21). The average Bonchev–Trinajstić information content (AvgIpc) is 2.96. The zero-order valence-electron chi connectivity index (χ0n) is 12.7. The molecule has 7 heteroatoms.